The van der Waals surface area contributed by atoms with Gasteiger partial charge in [-0.1, -0.05) is 164 Å². The third-order valence-corrected chi connectivity index (χ3v) is 8.67. The highest BCUT2D eigenvalue weighted by Crippen LogP contribution is 2.34. The molecule has 270 valence electrons. The van der Waals surface area contributed by atoms with Crippen LogP contribution in [0.25, 0.3) is 56.2 Å². The Balaban J connectivity index is 0.000000176. The third-order valence-electron chi connectivity index (χ3n) is 7.99. The topological polar surface area (TPSA) is 118 Å². The molecule has 0 saturated heterocycles. The van der Waals surface area contributed by atoms with E-state index in [0.717, 1.165) is 44.5 Å². The van der Waals surface area contributed by atoms with E-state index in [1.165, 1.54) is 0 Å². The maximum absolute atomic E-state index is 9.22. The Kier molecular flexibility index (Phi) is 13.7. The second-order valence-electron chi connectivity index (χ2n) is 11.5. The van der Waals surface area contributed by atoms with Crippen molar-refractivity contribution < 1.29 is 10.0 Å². The summed E-state index contributed by atoms with van der Waals surface area (Å²) in [6, 6.07) is 53.5. The second-order valence-corrected chi connectivity index (χ2v) is 12.9. The van der Waals surface area contributed by atoms with Crippen molar-refractivity contribution in [2.45, 2.75) is 0 Å². The van der Waals surface area contributed by atoms with Gasteiger partial charge < -0.3 is 10.0 Å². The fraction of sp³-hybridized carbons (Fsp3) is 0. The molecule has 0 radical (unpaired) electrons. The van der Waals surface area contributed by atoms with Gasteiger partial charge in [0, 0.05) is 11.1 Å². The molecule has 0 atom stereocenters. The smallest absolute Gasteiger partial charge is 0.423 e. The van der Waals surface area contributed by atoms with Crippen molar-refractivity contribution in [3.8, 4) is 56.2 Å². The summed E-state index contributed by atoms with van der Waals surface area (Å²) >= 11 is 22.3. The van der Waals surface area contributed by atoms with Crippen LogP contribution in [0.3, 0.4) is 0 Å². The summed E-state index contributed by atoms with van der Waals surface area (Å²) in [7, 11) is -1.43. The second kappa shape index (κ2) is 19.2. The Labute approximate surface area is 338 Å². The van der Waals surface area contributed by atoms with Crippen LogP contribution >= 0.6 is 46.4 Å². The molecule has 55 heavy (non-hydrogen) atoms. The minimum Gasteiger partial charge on any atom is -0.423 e. The number of hydrogen-bond donors (Lipinski definition) is 2. The predicted octanol–water partition coefficient (Wildman–Crippen LogP) is 10.1. The number of benzene rings is 6. The van der Waals surface area contributed by atoms with E-state index >= 15 is 0 Å². The summed E-state index contributed by atoms with van der Waals surface area (Å²) in [6.07, 6.45) is 0. The van der Waals surface area contributed by atoms with Gasteiger partial charge >= 0.3 is 7.12 Å². The molecule has 0 saturated carbocycles. The molecule has 0 fully saturated rings. The fourth-order valence-electron chi connectivity index (χ4n) is 5.59. The van der Waals surface area contributed by atoms with E-state index in [1.807, 2.05) is 115 Å². The lowest BCUT2D eigenvalue weighted by atomic mass is 9.75. The van der Waals surface area contributed by atoms with E-state index in [1.54, 1.807) is 12.1 Å². The highest BCUT2D eigenvalue weighted by molar-refractivity contribution is 6.60. The molecule has 0 amide bonds. The summed E-state index contributed by atoms with van der Waals surface area (Å²) in [5, 5.41) is 18.6. The lowest BCUT2D eigenvalue weighted by Crippen LogP contribution is -2.31. The van der Waals surface area contributed by atoms with Gasteiger partial charge in [0.05, 0.1) is 0 Å². The van der Waals surface area contributed by atoms with Gasteiger partial charge in [0.2, 0.25) is 21.1 Å². The van der Waals surface area contributed by atoms with Gasteiger partial charge in [-0.3, -0.25) is 0 Å². The third kappa shape index (κ3) is 10.6. The Morgan fingerprint density at radius 2 is 0.600 bits per heavy atom. The van der Waals surface area contributed by atoms with Crippen molar-refractivity contribution >= 4 is 59.0 Å². The number of aromatic nitrogens is 6. The molecule has 8 aromatic rings. The molecule has 0 aliphatic rings. The van der Waals surface area contributed by atoms with E-state index in [0.29, 0.717) is 17.1 Å². The first-order chi connectivity index (χ1) is 26.8. The summed E-state index contributed by atoms with van der Waals surface area (Å²) in [5.41, 5.74) is 8.49. The lowest BCUT2D eigenvalue weighted by molar-refractivity contribution is 0.426. The minimum atomic E-state index is -1.43. The molecule has 0 bridgehead atoms. The quantitative estimate of drug-likeness (QED) is 0.160. The molecule has 0 unspecified atom stereocenters. The van der Waals surface area contributed by atoms with Gasteiger partial charge in [0.1, 0.15) is 0 Å². The van der Waals surface area contributed by atoms with Crippen molar-refractivity contribution in [1.82, 2.24) is 29.9 Å². The summed E-state index contributed by atoms with van der Waals surface area (Å²) in [5.74, 6) is 1.11. The number of nitrogens with zero attached hydrogens (tertiary/aromatic N) is 6. The molecule has 0 aliphatic carbocycles. The maximum Gasteiger partial charge on any atom is 0.489 e. The first-order valence-corrected chi connectivity index (χ1v) is 18.2. The standard InChI is InChI=1S/C27H18ClN3.C12H11BO2.C3Cl3N3/c28-27-30-25(23-17-9-7-15-21(23)19-11-3-1-4-12-19)29-26(31-27)24-18-10-8-16-22(24)20-13-5-2-6-14-20;14-13(15)12-9-5-4-8-11(12)10-6-2-1-3-7-10;4-1-7-2(5)9-3(6)8-1/h1-18H;1-9,14-15H;. The van der Waals surface area contributed by atoms with Crippen LogP contribution in [0.4, 0.5) is 0 Å². The average molecular weight is 802 g/mol. The largest absolute Gasteiger partial charge is 0.489 e. The molecule has 13 heteroatoms. The zero-order valence-corrected chi connectivity index (χ0v) is 31.8. The molecule has 2 N–H and O–H groups in total. The molecule has 2 aromatic heterocycles. The maximum atomic E-state index is 9.22. The molecule has 2 heterocycles. The highest BCUT2D eigenvalue weighted by Gasteiger charge is 2.17. The van der Waals surface area contributed by atoms with Crippen LogP contribution in [0.15, 0.2) is 164 Å². The van der Waals surface area contributed by atoms with Crippen molar-refractivity contribution in [3.05, 3.63) is 185 Å². The molecule has 0 spiro atoms. The molecule has 8 rings (SSSR count). The van der Waals surface area contributed by atoms with Crippen LogP contribution < -0.4 is 5.46 Å². The number of halogens is 4. The van der Waals surface area contributed by atoms with E-state index < -0.39 is 7.12 Å². The summed E-state index contributed by atoms with van der Waals surface area (Å²) < 4.78 is 0. The van der Waals surface area contributed by atoms with Crippen LogP contribution in [-0.4, -0.2) is 47.1 Å². The Bertz CT molecular complexity index is 2330. The Morgan fingerprint density at radius 3 is 0.982 bits per heavy atom. The van der Waals surface area contributed by atoms with Gasteiger partial charge in [0.25, 0.3) is 0 Å². The van der Waals surface area contributed by atoms with Crippen LogP contribution in [0.5, 0.6) is 0 Å². The van der Waals surface area contributed by atoms with Crippen LogP contribution in [0.2, 0.25) is 21.1 Å². The average Bonchev–Trinajstić information content (AvgIpc) is 3.21. The minimum absolute atomic E-state index is 0.000000000000000444. The zero-order valence-electron chi connectivity index (χ0n) is 28.8. The van der Waals surface area contributed by atoms with E-state index in [-0.39, 0.29) is 21.1 Å². The molecule has 0 aliphatic heterocycles. The highest BCUT2D eigenvalue weighted by atomic mass is 35.5. The van der Waals surface area contributed by atoms with Gasteiger partial charge in [-0.05, 0) is 85.2 Å². The van der Waals surface area contributed by atoms with E-state index in [9.17, 15) is 10.0 Å². The van der Waals surface area contributed by atoms with Gasteiger partial charge in [-0.2, -0.15) is 24.9 Å². The monoisotopic (exact) mass is 800 g/mol. The number of rotatable bonds is 6. The molecular weight excluding hydrogens is 773 g/mol. The fourth-order valence-corrected chi connectivity index (χ4v) is 6.36. The normalized spacial score (nSPS) is 10.4. The first kappa shape index (κ1) is 39.2. The van der Waals surface area contributed by atoms with Gasteiger partial charge in [0.15, 0.2) is 11.6 Å². The zero-order chi connectivity index (χ0) is 38.6. The summed E-state index contributed by atoms with van der Waals surface area (Å²) in [6.45, 7) is 0. The Morgan fingerprint density at radius 1 is 0.309 bits per heavy atom. The predicted molar refractivity (Wildman–Crippen MR) is 223 cm³/mol. The number of hydrogen-bond acceptors (Lipinski definition) is 8. The lowest BCUT2D eigenvalue weighted by Gasteiger charge is -2.12. The van der Waals surface area contributed by atoms with Gasteiger partial charge in [-0.25, -0.2) is 4.98 Å². The van der Waals surface area contributed by atoms with Gasteiger partial charge in [-0.15, -0.1) is 0 Å². The van der Waals surface area contributed by atoms with Crippen molar-refractivity contribution in [3.63, 3.8) is 0 Å². The first-order valence-electron chi connectivity index (χ1n) is 16.7. The van der Waals surface area contributed by atoms with Crippen LogP contribution in [-0.2, 0) is 0 Å². The molecule has 8 nitrogen and oxygen atoms in total. The SMILES string of the molecule is Clc1nc(-c2ccccc2-c2ccccc2)nc(-c2ccccc2-c2ccccc2)n1.Clc1nc(Cl)nc(Cl)n1.OB(O)c1ccccc1-c1ccccc1. The molecular formula is C42H29BCl4N6O2. The molecule has 6 aromatic carbocycles. The van der Waals surface area contributed by atoms with E-state index in [4.69, 9.17) is 51.4 Å². The van der Waals surface area contributed by atoms with Crippen LogP contribution in [0.1, 0.15) is 0 Å². The van der Waals surface area contributed by atoms with Crippen molar-refractivity contribution in [1.29, 1.82) is 0 Å². The Hall–Kier alpha value is -5.52. The summed E-state index contributed by atoms with van der Waals surface area (Å²) in [4.78, 5) is 24.1. The van der Waals surface area contributed by atoms with Crippen LogP contribution in [0, 0.1) is 0 Å². The van der Waals surface area contributed by atoms with E-state index in [2.05, 4.69) is 61.3 Å². The van der Waals surface area contributed by atoms with Crippen molar-refractivity contribution in [2.75, 3.05) is 0 Å². The van der Waals surface area contributed by atoms with Crippen molar-refractivity contribution in [2.24, 2.45) is 0 Å².